The summed E-state index contributed by atoms with van der Waals surface area (Å²) in [6.45, 7) is 4.90. The average molecular weight is 384 g/mol. The fourth-order valence-electron chi connectivity index (χ4n) is 1.12. The van der Waals surface area contributed by atoms with Gasteiger partial charge in [0.25, 0.3) is 0 Å². The molecule has 0 bridgehead atoms. The summed E-state index contributed by atoms with van der Waals surface area (Å²) in [6, 6.07) is 3.15. The first-order valence-corrected chi connectivity index (χ1v) is 7.09. The van der Waals surface area contributed by atoms with Gasteiger partial charge in [-0.15, -0.1) is 0 Å². The molecule has 0 saturated heterocycles. The molecule has 0 heterocycles. The van der Waals surface area contributed by atoms with Crippen molar-refractivity contribution in [2.75, 3.05) is 11.9 Å². The monoisotopic (exact) mass is 382 g/mol. The third-order valence-electron chi connectivity index (χ3n) is 1.92. The minimum absolute atomic E-state index is 0.342. The van der Waals surface area contributed by atoms with Crippen molar-refractivity contribution in [2.45, 2.75) is 13.8 Å². The van der Waals surface area contributed by atoms with Crippen LogP contribution >= 0.6 is 44.1 Å². The van der Waals surface area contributed by atoms with Gasteiger partial charge in [0.05, 0.1) is 5.69 Å². The third kappa shape index (κ3) is 4.89. The van der Waals surface area contributed by atoms with Crippen molar-refractivity contribution in [3.63, 3.8) is 0 Å². The van der Waals surface area contributed by atoms with Crippen molar-refractivity contribution in [3.8, 4) is 0 Å². The Morgan fingerprint density at radius 3 is 2.59 bits per heavy atom. The molecule has 0 spiro atoms. The van der Waals surface area contributed by atoms with E-state index in [0.29, 0.717) is 25.7 Å². The Bertz CT molecular complexity index is 401. The molecule has 0 fully saturated rings. The molecule has 0 radical (unpaired) electrons. The maximum Gasteiger partial charge on any atom is 0.170 e. The van der Waals surface area contributed by atoms with Crippen LogP contribution in [0.2, 0.25) is 0 Å². The molecule has 2 N–H and O–H groups in total. The van der Waals surface area contributed by atoms with E-state index in [1.807, 2.05) is 0 Å². The van der Waals surface area contributed by atoms with Crippen LogP contribution < -0.4 is 10.6 Å². The largest absolute Gasteiger partial charge is 0.362 e. The number of thiocarbonyl (C=S) groups is 1. The summed E-state index contributed by atoms with van der Waals surface area (Å²) in [7, 11) is 0. The maximum absolute atomic E-state index is 13.7. The van der Waals surface area contributed by atoms with Crippen LogP contribution in [0.5, 0.6) is 0 Å². The van der Waals surface area contributed by atoms with Gasteiger partial charge in [-0.1, -0.05) is 29.8 Å². The Morgan fingerprint density at radius 1 is 1.41 bits per heavy atom. The number of nitrogens with one attached hydrogen (secondary N) is 2. The van der Waals surface area contributed by atoms with E-state index in [-0.39, 0.29) is 5.82 Å². The zero-order valence-electron chi connectivity index (χ0n) is 9.48. The number of benzene rings is 1. The first kappa shape index (κ1) is 14.9. The van der Waals surface area contributed by atoms with E-state index in [1.165, 1.54) is 6.07 Å². The minimum atomic E-state index is -0.361. The molecule has 0 aromatic heterocycles. The molecule has 0 aliphatic carbocycles. The van der Waals surface area contributed by atoms with E-state index in [9.17, 15) is 4.39 Å². The van der Waals surface area contributed by atoms with E-state index < -0.39 is 0 Å². The second kappa shape index (κ2) is 6.66. The molecule has 17 heavy (non-hydrogen) atoms. The second-order valence-corrected chi connectivity index (χ2v) is 6.15. The van der Waals surface area contributed by atoms with Crippen LogP contribution in [0.4, 0.5) is 10.1 Å². The van der Waals surface area contributed by atoms with Crippen LogP contribution in [-0.2, 0) is 0 Å². The van der Waals surface area contributed by atoms with Gasteiger partial charge < -0.3 is 10.6 Å². The zero-order valence-corrected chi connectivity index (χ0v) is 13.5. The molecule has 0 aliphatic rings. The Morgan fingerprint density at radius 2 is 2.06 bits per heavy atom. The van der Waals surface area contributed by atoms with Crippen molar-refractivity contribution in [1.82, 2.24) is 5.32 Å². The van der Waals surface area contributed by atoms with Crippen molar-refractivity contribution in [3.05, 3.63) is 26.9 Å². The van der Waals surface area contributed by atoms with Crippen molar-refractivity contribution >= 4 is 54.9 Å². The summed E-state index contributed by atoms with van der Waals surface area (Å²) in [5, 5.41) is 6.28. The molecular weight excluding hydrogens is 371 g/mol. The lowest BCUT2D eigenvalue weighted by Crippen LogP contribution is -2.31. The molecular formula is C11H13Br2FN2S. The summed E-state index contributed by atoms with van der Waals surface area (Å²) in [6.07, 6.45) is 0. The molecule has 6 heteroatoms. The van der Waals surface area contributed by atoms with Crippen LogP contribution in [0.3, 0.4) is 0 Å². The standard InChI is InChI=1S/C11H13Br2FN2S/c1-6(2)5-15-11(17)16-10-8(13)3-7(12)4-9(10)14/h3-4,6H,5H2,1-2H3,(H2,15,16,17). The fourth-order valence-corrected chi connectivity index (χ4v) is 2.57. The molecule has 94 valence electrons. The summed E-state index contributed by atoms with van der Waals surface area (Å²) in [5.74, 6) is 0.118. The van der Waals surface area contributed by atoms with Crippen LogP contribution in [0.1, 0.15) is 13.8 Å². The lowest BCUT2D eigenvalue weighted by atomic mass is 10.2. The number of halogens is 3. The second-order valence-electron chi connectivity index (χ2n) is 3.97. The number of hydrogen-bond acceptors (Lipinski definition) is 1. The topological polar surface area (TPSA) is 24.1 Å². The first-order chi connectivity index (χ1) is 7.90. The van der Waals surface area contributed by atoms with Gasteiger partial charge in [-0.05, 0) is 46.2 Å². The highest BCUT2D eigenvalue weighted by atomic mass is 79.9. The Hall–Kier alpha value is -0.200. The zero-order chi connectivity index (χ0) is 13.0. The number of hydrogen-bond donors (Lipinski definition) is 2. The van der Waals surface area contributed by atoms with Gasteiger partial charge in [0.1, 0.15) is 5.82 Å². The van der Waals surface area contributed by atoms with Crippen molar-refractivity contribution in [1.29, 1.82) is 0 Å². The van der Waals surface area contributed by atoms with Gasteiger partial charge in [0.15, 0.2) is 5.11 Å². The highest BCUT2D eigenvalue weighted by molar-refractivity contribution is 9.11. The van der Waals surface area contributed by atoms with E-state index in [0.717, 1.165) is 6.54 Å². The van der Waals surface area contributed by atoms with Crippen LogP contribution in [0.15, 0.2) is 21.1 Å². The van der Waals surface area contributed by atoms with Gasteiger partial charge in [0.2, 0.25) is 0 Å². The minimum Gasteiger partial charge on any atom is -0.362 e. The molecule has 0 unspecified atom stereocenters. The Labute approximate surface area is 123 Å². The summed E-state index contributed by atoms with van der Waals surface area (Å²) < 4.78 is 15.0. The maximum atomic E-state index is 13.7. The first-order valence-electron chi connectivity index (χ1n) is 5.09. The lowest BCUT2D eigenvalue weighted by Gasteiger charge is -2.14. The van der Waals surface area contributed by atoms with Gasteiger partial charge in [-0.3, -0.25) is 0 Å². The molecule has 0 amide bonds. The summed E-state index contributed by atoms with van der Waals surface area (Å²) in [4.78, 5) is 0. The van der Waals surface area contributed by atoms with Gasteiger partial charge >= 0.3 is 0 Å². The predicted octanol–water partition coefficient (Wildman–Crippen LogP) is 4.29. The van der Waals surface area contributed by atoms with E-state index in [1.54, 1.807) is 6.07 Å². The van der Waals surface area contributed by atoms with E-state index >= 15 is 0 Å². The third-order valence-corrected chi connectivity index (χ3v) is 3.25. The van der Waals surface area contributed by atoms with E-state index in [4.69, 9.17) is 12.2 Å². The SMILES string of the molecule is CC(C)CNC(=S)Nc1c(F)cc(Br)cc1Br. The summed E-state index contributed by atoms with van der Waals surface area (Å²) in [5.41, 5.74) is 0.342. The molecule has 2 nitrogen and oxygen atoms in total. The highest BCUT2D eigenvalue weighted by Crippen LogP contribution is 2.29. The van der Waals surface area contributed by atoms with Crippen LogP contribution in [-0.4, -0.2) is 11.7 Å². The predicted molar refractivity (Wildman–Crippen MR) is 80.9 cm³/mol. The van der Waals surface area contributed by atoms with Crippen molar-refractivity contribution in [2.24, 2.45) is 5.92 Å². The van der Waals surface area contributed by atoms with Crippen LogP contribution in [0, 0.1) is 11.7 Å². The molecule has 1 rings (SSSR count). The normalized spacial score (nSPS) is 10.5. The molecule has 1 aromatic rings. The number of anilines is 1. The van der Waals surface area contributed by atoms with Gasteiger partial charge in [-0.25, -0.2) is 4.39 Å². The molecule has 0 atom stereocenters. The van der Waals surface area contributed by atoms with Crippen molar-refractivity contribution < 1.29 is 4.39 Å². The molecule has 1 aromatic carbocycles. The van der Waals surface area contributed by atoms with Crippen LogP contribution in [0.25, 0.3) is 0 Å². The highest BCUT2D eigenvalue weighted by Gasteiger charge is 2.10. The smallest absolute Gasteiger partial charge is 0.170 e. The lowest BCUT2D eigenvalue weighted by molar-refractivity contribution is 0.623. The van der Waals surface area contributed by atoms with Gasteiger partial charge in [0, 0.05) is 15.5 Å². The average Bonchev–Trinajstić information content (AvgIpc) is 2.20. The Balaban J connectivity index is 2.72. The van der Waals surface area contributed by atoms with E-state index in [2.05, 4.69) is 56.3 Å². The molecule has 0 saturated carbocycles. The molecule has 0 aliphatic heterocycles. The van der Waals surface area contributed by atoms with Gasteiger partial charge in [-0.2, -0.15) is 0 Å². The Kier molecular flexibility index (Phi) is 5.82. The number of rotatable bonds is 3. The summed E-state index contributed by atoms with van der Waals surface area (Å²) >= 11 is 11.6. The quantitative estimate of drug-likeness (QED) is 0.761. The fraction of sp³-hybridized carbons (Fsp3) is 0.364.